The van der Waals surface area contributed by atoms with Crippen LogP contribution in [0.4, 0.5) is 0 Å². The van der Waals surface area contributed by atoms with Gasteiger partial charge in [0.15, 0.2) is 12.2 Å². The highest BCUT2D eigenvalue weighted by Crippen LogP contribution is 2.23. The average Bonchev–Trinajstić information content (AvgIpc) is 3.16. The quantitative estimate of drug-likeness (QED) is 0.293. The fraction of sp³-hybridized carbons (Fsp3) is 0.476. The largest absolute Gasteiger partial charge is 0.391 e. The molecule has 2 atom stereocenters. The maximum absolute atomic E-state index is 12.4. The number of aliphatic hydroxyl groups excluding tert-OH is 2. The van der Waals surface area contributed by atoms with Gasteiger partial charge in [0.05, 0.1) is 0 Å². The van der Waals surface area contributed by atoms with E-state index in [1.165, 1.54) is 11.1 Å². The molecule has 0 saturated carbocycles. The Morgan fingerprint density at radius 3 is 2.24 bits per heavy atom. The van der Waals surface area contributed by atoms with Crippen molar-refractivity contribution in [3.63, 3.8) is 0 Å². The second-order valence-corrected chi connectivity index (χ2v) is 6.65. The Morgan fingerprint density at radius 2 is 1.69 bits per heavy atom. The minimum atomic E-state index is -1.77. The molecule has 0 radical (unpaired) electrons. The number of nitrogens with one attached hydrogen (secondary N) is 3. The standard InChI is InChI=1S/C19H27N3O4.C2H5N/c1-2-20-10-6-3-7-11-21-18(25)16(23)17(24)19(26)22-12-14-8-4-5-9-15(14)13-22;1-2-3/h2,4-5,8-9,16-17,20,23-24H,1,3,6-7,10-13H2,(H,21,25);2-3H,1H3/t16-,17-;/m1./s1. The first-order valence-electron chi connectivity index (χ1n) is 9.75. The second kappa shape index (κ2) is 13.5. The van der Waals surface area contributed by atoms with Crippen LogP contribution in [0.5, 0.6) is 0 Å². The Kier molecular flexibility index (Phi) is 11.3. The Bertz CT molecular complexity index is 655. The fourth-order valence-electron chi connectivity index (χ4n) is 2.90. The number of carbonyl (C=O) groups is 2. The first-order valence-corrected chi connectivity index (χ1v) is 9.75. The smallest absolute Gasteiger partial charge is 0.255 e. The molecule has 0 bridgehead atoms. The number of fused-ring (bicyclic) bond motifs is 1. The van der Waals surface area contributed by atoms with Crippen LogP contribution in [0.1, 0.15) is 37.3 Å². The van der Waals surface area contributed by atoms with E-state index in [0.29, 0.717) is 19.6 Å². The van der Waals surface area contributed by atoms with E-state index in [-0.39, 0.29) is 0 Å². The number of rotatable bonds is 10. The zero-order valence-electron chi connectivity index (χ0n) is 16.9. The number of carbonyl (C=O) groups excluding carboxylic acids is 2. The van der Waals surface area contributed by atoms with E-state index in [9.17, 15) is 19.8 Å². The summed E-state index contributed by atoms with van der Waals surface area (Å²) in [7, 11) is 0. The number of hydrogen-bond acceptors (Lipinski definition) is 6. The van der Waals surface area contributed by atoms with Crippen LogP contribution >= 0.6 is 0 Å². The third-order valence-electron chi connectivity index (χ3n) is 4.41. The number of nitrogens with zero attached hydrogens (tertiary/aromatic N) is 1. The van der Waals surface area contributed by atoms with Gasteiger partial charge in [-0.1, -0.05) is 30.8 Å². The molecule has 8 nitrogen and oxygen atoms in total. The van der Waals surface area contributed by atoms with Crippen LogP contribution in [-0.4, -0.2) is 58.4 Å². The summed E-state index contributed by atoms with van der Waals surface area (Å²) in [5.41, 5.74) is 2.02. The molecule has 1 aliphatic rings. The number of amides is 2. The molecule has 1 aliphatic heterocycles. The van der Waals surface area contributed by atoms with Crippen molar-refractivity contribution in [2.24, 2.45) is 0 Å². The van der Waals surface area contributed by atoms with Crippen molar-refractivity contribution in [1.29, 1.82) is 5.41 Å². The van der Waals surface area contributed by atoms with E-state index < -0.39 is 24.0 Å². The Morgan fingerprint density at radius 1 is 1.14 bits per heavy atom. The molecule has 0 spiro atoms. The van der Waals surface area contributed by atoms with Crippen molar-refractivity contribution in [2.45, 2.75) is 51.5 Å². The zero-order chi connectivity index (χ0) is 21.6. The molecule has 5 N–H and O–H groups in total. The van der Waals surface area contributed by atoms with Gasteiger partial charge in [0.1, 0.15) is 0 Å². The maximum atomic E-state index is 12.4. The van der Waals surface area contributed by atoms with Gasteiger partial charge < -0.3 is 31.2 Å². The topological polar surface area (TPSA) is 126 Å². The SMILES string of the molecule is C=CNCCCCCNC(=O)[C@H](O)[C@@H](O)C(=O)N1Cc2ccccc2C1.CC=N. The van der Waals surface area contributed by atoms with Crippen LogP contribution < -0.4 is 10.6 Å². The summed E-state index contributed by atoms with van der Waals surface area (Å²) >= 11 is 0. The maximum Gasteiger partial charge on any atom is 0.255 e. The summed E-state index contributed by atoms with van der Waals surface area (Å²) < 4.78 is 0. The molecule has 2 amide bonds. The van der Waals surface area contributed by atoms with E-state index in [1.807, 2.05) is 24.3 Å². The van der Waals surface area contributed by atoms with Crippen LogP contribution in [0.25, 0.3) is 0 Å². The molecule has 1 heterocycles. The van der Waals surface area contributed by atoms with E-state index in [0.717, 1.165) is 36.9 Å². The van der Waals surface area contributed by atoms with Crippen molar-refractivity contribution >= 4 is 18.0 Å². The lowest BCUT2D eigenvalue weighted by Crippen LogP contribution is -2.49. The molecular formula is C21H32N4O4. The van der Waals surface area contributed by atoms with Gasteiger partial charge in [0, 0.05) is 26.2 Å². The molecule has 0 unspecified atom stereocenters. The van der Waals surface area contributed by atoms with E-state index >= 15 is 0 Å². The van der Waals surface area contributed by atoms with Crippen molar-refractivity contribution in [2.75, 3.05) is 13.1 Å². The summed E-state index contributed by atoms with van der Waals surface area (Å²) in [5.74, 6) is -1.37. The Hall–Kier alpha value is -2.71. The average molecular weight is 405 g/mol. The van der Waals surface area contributed by atoms with Crippen LogP contribution in [0.2, 0.25) is 0 Å². The minimum Gasteiger partial charge on any atom is -0.391 e. The summed E-state index contributed by atoms with van der Waals surface area (Å²) in [6, 6.07) is 7.61. The van der Waals surface area contributed by atoms with Gasteiger partial charge in [-0.3, -0.25) is 9.59 Å². The van der Waals surface area contributed by atoms with Gasteiger partial charge in [-0.15, -0.1) is 0 Å². The molecule has 0 saturated heterocycles. The normalized spacial score (nSPS) is 14.0. The van der Waals surface area contributed by atoms with E-state index in [4.69, 9.17) is 5.41 Å². The van der Waals surface area contributed by atoms with Crippen LogP contribution in [0.15, 0.2) is 37.0 Å². The highest BCUT2D eigenvalue weighted by Gasteiger charge is 2.35. The summed E-state index contributed by atoms with van der Waals surface area (Å²) in [5, 5.41) is 31.7. The summed E-state index contributed by atoms with van der Waals surface area (Å²) in [4.78, 5) is 25.7. The molecular weight excluding hydrogens is 372 g/mol. The van der Waals surface area contributed by atoms with Crippen molar-refractivity contribution in [3.8, 4) is 0 Å². The van der Waals surface area contributed by atoms with Crippen LogP contribution in [0.3, 0.4) is 0 Å². The third-order valence-corrected chi connectivity index (χ3v) is 4.41. The fourth-order valence-corrected chi connectivity index (χ4v) is 2.90. The number of unbranched alkanes of at least 4 members (excludes halogenated alkanes) is 2. The van der Waals surface area contributed by atoms with Gasteiger partial charge in [-0.2, -0.15) is 0 Å². The molecule has 1 aromatic carbocycles. The monoisotopic (exact) mass is 404 g/mol. The molecule has 160 valence electrons. The van der Waals surface area contributed by atoms with Gasteiger partial charge >= 0.3 is 0 Å². The molecule has 8 heteroatoms. The Balaban J connectivity index is 0.00000132. The number of aliphatic hydroxyl groups is 2. The lowest BCUT2D eigenvalue weighted by molar-refractivity contribution is -0.153. The minimum absolute atomic E-state index is 0.374. The predicted molar refractivity (Wildman–Crippen MR) is 112 cm³/mol. The molecule has 0 aromatic heterocycles. The highest BCUT2D eigenvalue weighted by atomic mass is 16.3. The number of hydrogen-bond donors (Lipinski definition) is 5. The first-order chi connectivity index (χ1) is 14.0. The van der Waals surface area contributed by atoms with Crippen LogP contribution in [0, 0.1) is 5.41 Å². The Labute approximate surface area is 172 Å². The molecule has 0 fully saturated rings. The number of benzene rings is 1. The molecule has 0 aliphatic carbocycles. The van der Waals surface area contributed by atoms with Gasteiger partial charge in [0.25, 0.3) is 11.8 Å². The summed E-state index contributed by atoms with van der Waals surface area (Å²) in [6.07, 6.45) is 1.96. The van der Waals surface area contributed by atoms with Crippen LogP contribution in [-0.2, 0) is 22.7 Å². The third kappa shape index (κ3) is 8.05. The second-order valence-electron chi connectivity index (χ2n) is 6.65. The lowest BCUT2D eigenvalue weighted by Gasteiger charge is -2.22. The van der Waals surface area contributed by atoms with Gasteiger partial charge in [-0.25, -0.2) is 0 Å². The predicted octanol–water partition coefficient (Wildman–Crippen LogP) is 0.926. The zero-order valence-corrected chi connectivity index (χ0v) is 16.9. The molecule has 1 aromatic rings. The molecule has 2 rings (SSSR count). The van der Waals surface area contributed by atoms with E-state index in [1.54, 1.807) is 13.1 Å². The van der Waals surface area contributed by atoms with Crippen molar-refractivity contribution < 1.29 is 19.8 Å². The van der Waals surface area contributed by atoms with Gasteiger partial charge in [0.2, 0.25) is 0 Å². The van der Waals surface area contributed by atoms with Crippen molar-refractivity contribution in [1.82, 2.24) is 15.5 Å². The lowest BCUT2D eigenvalue weighted by atomic mass is 10.1. The van der Waals surface area contributed by atoms with E-state index in [2.05, 4.69) is 17.2 Å². The van der Waals surface area contributed by atoms with Crippen molar-refractivity contribution in [3.05, 3.63) is 48.2 Å². The molecule has 29 heavy (non-hydrogen) atoms. The first kappa shape index (κ1) is 24.3. The summed E-state index contributed by atoms with van der Waals surface area (Å²) in [6.45, 7) is 7.19. The van der Waals surface area contributed by atoms with Gasteiger partial charge in [-0.05, 0) is 49.7 Å². The highest BCUT2D eigenvalue weighted by molar-refractivity contribution is 5.90.